The molecule has 1 unspecified atom stereocenters. The van der Waals surface area contributed by atoms with E-state index in [1.54, 1.807) is 11.3 Å². The molecule has 4 heteroatoms. The van der Waals surface area contributed by atoms with Gasteiger partial charge in [0.1, 0.15) is 0 Å². The molecule has 1 aliphatic heterocycles. The fraction of sp³-hybridized carbons (Fsp3) is 0.615. The number of carbonyl (C=O) groups is 1. The highest BCUT2D eigenvalue weighted by Gasteiger charge is 2.42. The molecule has 0 radical (unpaired) electrons. The van der Waals surface area contributed by atoms with Crippen molar-refractivity contribution in [2.75, 3.05) is 27.2 Å². The minimum absolute atomic E-state index is 0.0579. The molecule has 1 aromatic rings. The van der Waals surface area contributed by atoms with Crippen LogP contribution in [-0.4, -0.2) is 38.1 Å². The topological polar surface area (TPSA) is 29.5 Å². The molecule has 2 heterocycles. The molecule has 0 spiro atoms. The Morgan fingerprint density at radius 1 is 1.65 bits per heavy atom. The van der Waals surface area contributed by atoms with Crippen LogP contribution < -0.4 is 0 Å². The molecule has 3 nitrogen and oxygen atoms in total. The zero-order chi connectivity index (χ0) is 12.3. The zero-order valence-corrected chi connectivity index (χ0v) is 11.3. The van der Waals surface area contributed by atoms with Gasteiger partial charge in [0.05, 0.1) is 12.5 Å². The van der Waals surface area contributed by atoms with Gasteiger partial charge in [-0.1, -0.05) is 6.07 Å². The molecule has 1 atom stereocenters. The lowest BCUT2D eigenvalue weighted by Gasteiger charge is -2.39. The number of likely N-dealkylation sites (tertiary alicyclic amines) is 1. The highest BCUT2D eigenvalue weighted by atomic mass is 32.1. The van der Waals surface area contributed by atoms with Gasteiger partial charge in [0, 0.05) is 11.4 Å². The average molecular weight is 253 g/mol. The van der Waals surface area contributed by atoms with E-state index in [9.17, 15) is 4.79 Å². The largest absolute Gasteiger partial charge is 0.469 e. The maximum absolute atomic E-state index is 12.1. The van der Waals surface area contributed by atoms with E-state index in [1.807, 2.05) is 6.07 Å². The number of methoxy groups -OCH3 is 1. The molecule has 1 aliphatic rings. The monoisotopic (exact) mass is 253 g/mol. The van der Waals surface area contributed by atoms with Crippen molar-refractivity contribution < 1.29 is 9.53 Å². The molecule has 0 saturated carbocycles. The van der Waals surface area contributed by atoms with E-state index >= 15 is 0 Å². The summed E-state index contributed by atoms with van der Waals surface area (Å²) < 4.78 is 5.03. The summed E-state index contributed by atoms with van der Waals surface area (Å²) in [4.78, 5) is 15.6. The second-order valence-electron chi connectivity index (χ2n) is 4.87. The molecule has 0 N–H and O–H groups in total. The second kappa shape index (κ2) is 5.19. The summed E-state index contributed by atoms with van der Waals surface area (Å²) in [6.07, 6.45) is 2.81. The number of carbonyl (C=O) groups excluding carboxylic acids is 1. The minimum Gasteiger partial charge on any atom is -0.469 e. The molecule has 94 valence electrons. The molecule has 2 rings (SSSR count). The molecular formula is C13H19NO2S. The van der Waals surface area contributed by atoms with Crippen molar-refractivity contribution >= 4 is 17.3 Å². The fourth-order valence-electron chi connectivity index (χ4n) is 2.71. The van der Waals surface area contributed by atoms with Gasteiger partial charge in [0.15, 0.2) is 0 Å². The van der Waals surface area contributed by atoms with Gasteiger partial charge in [0.2, 0.25) is 0 Å². The van der Waals surface area contributed by atoms with Crippen LogP contribution in [-0.2, 0) is 16.0 Å². The molecule has 1 saturated heterocycles. The van der Waals surface area contributed by atoms with E-state index in [4.69, 9.17) is 4.74 Å². The van der Waals surface area contributed by atoms with Crippen LogP contribution in [0.1, 0.15) is 17.7 Å². The van der Waals surface area contributed by atoms with E-state index in [0.29, 0.717) is 0 Å². The van der Waals surface area contributed by atoms with Gasteiger partial charge in [-0.2, -0.15) is 0 Å². The van der Waals surface area contributed by atoms with Crippen LogP contribution in [0.5, 0.6) is 0 Å². The van der Waals surface area contributed by atoms with Crippen LogP contribution in [0.4, 0.5) is 0 Å². The Bertz CT molecular complexity index is 377. The van der Waals surface area contributed by atoms with Gasteiger partial charge in [-0.25, -0.2) is 0 Å². The first kappa shape index (κ1) is 12.6. The van der Waals surface area contributed by atoms with Crippen LogP contribution in [0.25, 0.3) is 0 Å². The highest BCUT2D eigenvalue weighted by molar-refractivity contribution is 7.09. The predicted molar refractivity (Wildman–Crippen MR) is 69.2 cm³/mol. The molecule has 1 aromatic heterocycles. The minimum atomic E-state index is -0.341. The van der Waals surface area contributed by atoms with Crippen LogP contribution in [0.15, 0.2) is 17.5 Å². The van der Waals surface area contributed by atoms with Gasteiger partial charge in [-0.3, -0.25) is 4.79 Å². The number of hydrogen-bond donors (Lipinski definition) is 0. The van der Waals surface area contributed by atoms with Crippen molar-refractivity contribution in [3.05, 3.63) is 22.4 Å². The number of ether oxygens (including phenoxy) is 1. The van der Waals surface area contributed by atoms with Gasteiger partial charge in [-0.05, 0) is 44.3 Å². The van der Waals surface area contributed by atoms with Crippen molar-refractivity contribution in [1.29, 1.82) is 0 Å². The lowest BCUT2D eigenvalue weighted by molar-refractivity contribution is -0.156. The molecule has 1 fully saturated rings. The second-order valence-corrected chi connectivity index (χ2v) is 5.90. The van der Waals surface area contributed by atoms with E-state index in [-0.39, 0.29) is 11.4 Å². The van der Waals surface area contributed by atoms with E-state index in [1.165, 1.54) is 12.0 Å². The summed E-state index contributed by atoms with van der Waals surface area (Å²) in [6.45, 7) is 1.88. The number of nitrogens with zero attached hydrogens (tertiary/aromatic N) is 1. The first-order valence-electron chi connectivity index (χ1n) is 5.96. The number of piperidine rings is 1. The van der Waals surface area contributed by atoms with Gasteiger partial charge < -0.3 is 9.64 Å². The van der Waals surface area contributed by atoms with Gasteiger partial charge >= 0.3 is 5.97 Å². The third-order valence-corrected chi connectivity index (χ3v) is 4.36. The SMILES string of the molecule is COC(=O)C1(Cc2cccs2)CCCN(C)C1. The van der Waals surface area contributed by atoms with E-state index in [0.717, 1.165) is 32.4 Å². The smallest absolute Gasteiger partial charge is 0.313 e. The first-order chi connectivity index (χ1) is 8.16. The van der Waals surface area contributed by atoms with Gasteiger partial charge in [-0.15, -0.1) is 11.3 Å². The molecule has 0 bridgehead atoms. The number of esters is 1. The van der Waals surface area contributed by atoms with Crippen LogP contribution in [0.2, 0.25) is 0 Å². The van der Waals surface area contributed by atoms with Crippen LogP contribution in [0, 0.1) is 5.41 Å². The molecule has 0 aliphatic carbocycles. The first-order valence-corrected chi connectivity index (χ1v) is 6.84. The Hall–Kier alpha value is -0.870. The van der Waals surface area contributed by atoms with Crippen LogP contribution in [0.3, 0.4) is 0 Å². The molecule has 0 aromatic carbocycles. The summed E-state index contributed by atoms with van der Waals surface area (Å²) in [6, 6.07) is 4.14. The molecule has 0 amide bonds. The average Bonchev–Trinajstić information content (AvgIpc) is 2.80. The predicted octanol–water partition coefficient (Wildman–Crippen LogP) is 2.18. The number of hydrogen-bond acceptors (Lipinski definition) is 4. The quantitative estimate of drug-likeness (QED) is 0.773. The van der Waals surface area contributed by atoms with Crippen molar-refractivity contribution in [1.82, 2.24) is 4.90 Å². The fourth-order valence-corrected chi connectivity index (χ4v) is 3.56. The standard InChI is InChI=1S/C13H19NO2S/c1-14-7-4-6-13(10-14,12(15)16-2)9-11-5-3-8-17-11/h3,5,8H,4,6-7,9-10H2,1-2H3. The Morgan fingerprint density at radius 3 is 3.06 bits per heavy atom. The summed E-state index contributed by atoms with van der Waals surface area (Å²) in [5.41, 5.74) is -0.341. The van der Waals surface area contributed by atoms with Crippen molar-refractivity contribution in [3.8, 4) is 0 Å². The summed E-state index contributed by atoms with van der Waals surface area (Å²) in [7, 11) is 3.57. The summed E-state index contributed by atoms with van der Waals surface area (Å²) in [5.74, 6) is -0.0579. The van der Waals surface area contributed by atoms with Crippen molar-refractivity contribution in [2.45, 2.75) is 19.3 Å². The lowest BCUT2D eigenvalue weighted by Crippen LogP contribution is -2.48. The summed E-state index contributed by atoms with van der Waals surface area (Å²) in [5, 5.41) is 2.06. The number of thiophene rings is 1. The van der Waals surface area contributed by atoms with Crippen LogP contribution >= 0.6 is 11.3 Å². The molecule has 17 heavy (non-hydrogen) atoms. The Balaban J connectivity index is 2.20. The van der Waals surface area contributed by atoms with Crippen molar-refractivity contribution in [3.63, 3.8) is 0 Å². The highest BCUT2D eigenvalue weighted by Crippen LogP contribution is 2.35. The van der Waals surface area contributed by atoms with E-state index in [2.05, 4.69) is 23.4 Å². The Morgan fingerprint density at radius 2 is 2.47 bits per heavy atom. The zero-order valence-electron chi connectivity index (χ0n) is 10.4. The van der Waals surface area contributed by atoms with E-state index < -0.39 is 0 Å². The maximum atomic E-state index is 12.1. The lowest BCUT2D eigenvalue weighted by atomic mass is 9.77. The summed E-state index contributed by atoms with van der Waals surface area (Å²) >= 11 is 1.72. The molecular weight excluding hydrogens is 234 g/mol. The third kappa shape index (κ3) is 2.69. The van der Waals surface area contributed by atoms with Crippen molar-refractivity contribution in [2.24, 2.45) is 5.41 Å². The maximum Gasteiger partial charge on any atom is 0.313 e. The third-order valence-electron chi connectivity index (χ3n) is 3.48. The van der Waals surface area contributed by atoms with Gasteiger partial charge in [0.25, 0.3) is 0 Å². The normalized spacial score (nSPS) is 25.8. The number of rotatable bonds is 3. The Labute approximate surface area is 106 Å². The Kier molecular flexibility index (Phi) is 3.84.